The molecule has 0 radical (unpaired) electrons. The third-order valence-electron chi connectivity index (χ3n) is 3.28. The lowest BCUT2D eigenvalue weighted by Crippen LogP contribution is -1.99. The molecule has 0 nitrogen and oxygen atoms in total. The molecule has 0 fully saturated rings. The highest BCUT2D eigenvalue weighted by atomic mass is 79.9. The van der Waals surface area contributed by atoms with Gasteiger partial charge in [-0.15, -0.1) is 11.3 Å². The second kappa shape index (κ2) is 5.62. The Balaban J connectivity index is 1.93. The number of fused-ring (bicyclic) bond motifs is 1. The van der Waals surface area contributed by atoms with Crippen LogP contribution in [0.2, 0.25) is 0 Å². The van der Waals surface area contributed by atoms with Gasteiger partial charge in [-0.1, -0.05) is 46.3 Å². The van der Waals surface area contributed by atoms with Crippen LogP contribution in [0.1, 0.15) is 16.0 Å². The van der Waals surface area contributed by atoms with E-state index >= 15 is 0 Å². The van der Waals surface area contributed by atoms with Gasteiger partial charge in [0.15, 0.2) is 11.6 Å². The second-order valence-corrected chi connectivity index (χ2v) is 6.59. The van der Waals surface area contributed by atoms with Crippen molar-refractivity contribution < 1.29 is 8.78 Å². The Hall–Kier alpha value is -1.26. The number of benzene rings is 2. The van der Waals surface area contributed by atoms with Crippen LogP contribution in [-0.2, 0) is 6.42 Å². The Bertz CT molecular complexity index is 751. The molecular formula is C16H11BrF2S. The molecule has 0 amide bonds. The first-order valence-corrected chi connectivity index (χ1v) is 7.99. The van der Waals surface area contributed by atoms with Gasteiger partial charge in [0.25, 0.3) is 0 Å². The van der Waals surface area contributed by atoms with Crippen LogP contribution in [0.4, 0.5) is 8.78 Å². The standard InChI is InChI=1S/C16H11BrF2S/c17-13(8-10-4-3-6-14(18)16(10)19)12-9-20-15-7-2-1-5-11(12)15/h1-7,9,13H,8H2. The molecule has 1 unspecified atom stereocenters. The molecule has 102 valence electrons. The van der Waals surface area contributed by atoms with E-state index in [0.717, 1.165) is 17.0 Å². The van der Waals surface area contributed by atoms with E-state index in [0.29, 0.717) is 12.0 Å². The normalized spacial score (nSPS) is 12.8. The summed E-state index contributed by atoms with van der Waals surface area (Å²) in [6.07, 6.45) is 0.421. The fourth-order valence-electron chi connectivity index (χ4n) is 2.25. The molecule has 3 aromatic rings. The summed E-state index contributed by atoms with van der Waals surface area (Å²) in [5.74, 6) is -1.55. The summed E-state index contributed by atoms with van der Waals surface area (Å²) < 4.78 is 28.2. The number of alkyl halides is 1. The smallest absolute Gasteiger partial charge is 0.162 e. The molecule has 0 N–H and O–H groups in total. The summed E-state index contributed by atoms with van der Waals surface area (Å²) in [4.78, 5) is -0.0325. The number of rotatable bonds is 3. The molecular weight excluding hydrogens is 342 g/mol. The number of halogens is 3. The van der Waals surface area contributed by atoms with Crippen LogP contribution in [0.5, 0.6) is 0 Å². The van der Waals surface area contributed by atoms with Gasteiger partial charge in [0, 0.05) is 9.53 Å². The van der Waals surface area contributed by atoms with Gasteiger partial charge in [-0.05, 0) is 40.4 Å². The first-order valence-electron chi connectivity index (χ1n) is 6.20. The third kappa shape index (κ3) is 2.50. The molecule has 4 heteroatoms. The molecule has 0 saturated carbocycles. The summed E-state index contributed by atoms with van der Waals surface area (Å²) in [5.41, 5.74) is 1.51. The maximum atomic E-state index is 13.7. The van der Waals surface area contributed by atoms with E-state index in [4.69, 9.17) is 0 Å². The van der Waals surface area contributed by atoms with Crippen LogP contribution in [-0.4, -0.2) is 0 Å². The molecule has 0 spiro atoms. The third-order valence-corrected chi connectivity index (χ3v) is 5.08. The van der Waals surface area contributed by atoms with Crippen molar-refractivity contribution in [1.29, 1.82) is 0 Å². The summed E-state index contributed by atoms with van der Waals surface area (Å²) in [6.45, 7) is 0. The Labute approximate surface area is 128 Å². The molecule has 2 aromatic carbocycles. The van der Waals surface area contributed by atoms with Crippen LogP contribution < -0.4 is 0 Å². The zero-order chi connectivity index (χ0) is 14.1. The Morgan fingerprint density at radius 1 is 1.05 bits per heavy atom. The van der Waals surface area contributed by atoms with Crippen molar-refractivity contribution in [1.82, 2.24) is 0 Å². The fourth-order valence-corrected chi connectivity index (χ4v) is 4.17. The lowest BCUT2D eigenvalue weighted by molar-refractivity contribution is 0.498. The molecule has 3 rings (SSSR count). The van der Waals surface area contributed by atoms with E-state index in [-0.39, 0.29) is 4.83 Å². The highest BCUT2D eigenvalue weighted by molar-refractivity contribution is 9.09. The Kier molecular flexibility index (Phi) is 3.85. The van der Waals surface area contributed by atoms with E-state index in [1.807, 2.05) is 12.1 Å². The Morgan fingerprint density at radius 2 is 1.85 bits per heavy atom. The fraction of sp³-hybridized carbons (Fsp3) is 0.125. The maximum Gasteiger partial charge on any atom is 0.162 e. The number of hydrogen-bond donors (Lipinski definition) is 0. The van der Waals surface area contributed by atoms with Crippen LogP contribution >= 0.6 is 27.3 Å². The zero-order valence-electron chi connectivity index (χ0n) is 10.4. The Morgan fingerprint density at radius 3 is 2.70 bits per heavy atom. The molecule has 0 bridgehead atoms. The summed E-state index contributed by atoms with van der Waals surface area (Å²) >= 11 is 5.26. The van der Waals surface area contributed by atoms with Crippen molar-refractivity contribution in [3.63, 3.8) is 0 Å². The highest BCUT2D eigenvalue weighted by Gasteiger charge is 2.16. The monoisotopic (exact) mass is 352 g/mol. The molecule has 1 aromatic heterocycles. The van der Waals surface area contributed by atoms with E-state index in [9.17, 15) is 8.78 Å². The summed E-state index contributed by atoms with van der Waals surface area (Å²) in [6, 6.07) is 12.4. The first-order chi connectivity index (χ1) is 9.66. The maximum absolute atomic E-state index is 13.7. The first kappa shape index (κ1) is 13.7. The van der Waals surface area contributed by atoms with Crippen LogP contribution in [0, 0.1) is 11.6 Å². The number of hydrogen-bond acceptors (Lipinski definition) is 1. The second-order valence-electron chi connectivity index (χ2n) is 4.57. The molecule has 0 aliphatic carbocycles. The quantitative estimate of drug-likeness (QED) is 0.518. The number of thiophene rings is 1. The van der Waals surface area contributed by atoms with Gasteiger partial charge < -0.3 is 0 Å². The minimum absolute atomic E-state index is 0.0325. The largest absolute Gasteiger partial charge is 0.204 e. The van der Waals surface area contributed by atoms with Crippen molar-refractivity contribution in [2.75, 3.05) is 0 Å². The summed E-state index contributed by atoms with van der Waals surface area (Å²) in [7, 11) is 0. The van der Waals surface area contributed by atoms with Crippen LogP contribution in [0.3, 0.4) is 0 Å². The molecule has 1 atom stereocenters. The van der Waals surface area contributed by atoms with Crippen molar-refractivity contribution >= 4 is 37.4 Å². The topological polar surface area (TPSA) is 0 Å². The van der Waals surface area contributed by atoms with Crippen molar-refractivity contribution in [2.24, 2.45) is 0 Å². The molecule has 0 saturated heterocycles. The van der Waals surface area contributed by atoms with Gasteiger partial charge in [-0.2, -0.15) is 0 Å². The van der Waals surface area contributed by atoms with E-state index in [2.05, 4.69) is 33.4 Å². The van der Waals surface area contributed by atoms with Gasteiger partial charge in [0.2, 0.25) is 0 Å². The minimum atomic E-state index is -0.794. The predicted molar refractivity (Wildman–Crippen MR) is 83.6 cm³/mol. The van der Waals surface area contributed by atoms with Gasteiger partial charge in [0.1, 0.15) is 0 Å². The van der Waals surface area contributed by atoms with E-state index in [1.165, 1.54) is 4.70 Å². The van der Waals surface area contributed by atoms with E-state index in [1.54, 1.807) is 23.5 Å². The SMILES string of the molecule is Fc1cccc(CC(Br)c2csc3ccccc23)c1F. The van der Waals surface area contributed by atoms with Gasteiger partial charge >= 0.3 is 0 Å². The van der Waals surface area contributed by atoms with E-state index < -0.39 is 11.6 Å². The van der Waals surface area contributed by atoms with Gasteiger partial charge in [-0.3, -0.25) is 0 Å². The molecule has 1 heterocycles. The van der Waals surface area contributed by atoms with Crippen molar-refractivity contribution in [3.8, 4) is 0 Å². The predicted octanol–water partition coefficient (Wildman–Crippen LogP) is 5.86. The van der Waals surface area contributed by atoms with Gasteiger partial charge in [-0.25, -0.2) is 8.78 Å². The zero-order valence-corrected chi connectivity index (χ0v) is 12.8. The van der Waals surface area contributed by atoms with Crippen molar-refractivity contribution in [3.05, 3.63) is 70.6 Å². The lowest BCUT2D eigenvalue weighted by atomic mass is 10.0. The highest BCUT2D eigenvalue weighted by Crippen LogP contribution is 2.36. The van der Waals surface area contributed by atoms with Crippen molar-refractivity contribution in [2.45, 2.75) is 11.2 Å². The lowest BCUT2D eigenvalue weighted by Gasteiger charge is -2.10. The average molecular weight is 353 g/mol. The average Bonchev–Trinajstić information content (AvgIpc) is 2.88. The van der Waals surface area contributed by atoms with Crippen LogP contribution in [0.25, 0.3) is 10.1 Å². The molecule has 20 heavy (non-hydrogen) atoms. The van der Waals surface area contributed by atoms with Crippen LogP contribution in [0.15, 0.2) is 47.8 Å². The molecule has 0 aliphatic heterocycles. The van der Waals surface area contributed by atoms with Gasteiger partial charge in [0.05, 0.1) is 0 Å². The minimum Gasteiger partial charge on any atom is -0.204 e. The summed E-state index contributed by atoms with van der Waals surface area (Å²) in [5, 5.41) is 3.23. The molecule has 0 aliphatic rings.